The van der Waals surface area contributed by atoms with Gasteiger partial charge in [-0.05, 0) is 76.6 Å². The van der Waals surface area contributed by atoms with Crippen LogP contribution in [0.3, 0.4) is 0 Å². The van der Waals surface area contributed by atoms with Gasteiger partial charge in [0, 0.05) is 11.7 Å². The summed E-state index contributed by atoms with van der Waals surface area (Å²) in [5, 5.41) is 2.61. The van der Waals surface area contributed by atoms with Gasteiger partial charge < -0.3 is 19.5 Å². The van der Waals surface area contributed by atoms with Gasteiger partial charge in [0.25, 0.3) is 5.91 Å². The van der Waals surface area contributed by atoms with Crippen molar-refractivity contribution in [1.82, 2.24) is 4.72 Å². The predicted octanol–water partition coefficient (Wildman–Crippen LogP) is 3.74. The number of anilines is 1. The highest BCUT2D eigenvalue weighted by atomic mass is 32.2. The van der Waals surface area contributed by atoms with Crippen LogP contribution in [0.2, 0.25) is 0 Å². The van der Waals surface area contributed by atoms with Crippen LogP contribution in [-0.4, -0.2) is 45.7 Å². The number of hydrogen-bond donors (Lipinski definition) is 2. The molecule has 0 aliphatic rings. The molecule has 0 saturated carbocycles. The van der Waals surface area contributed by atoms with Crippen LogP contribution < -0.4 is 19.5 Å². The van der Waals surface area contributed by atoms with Crippen molar-refractivity contribution in [2.24, 2.45) is 0 Å². The third-order valence-corrected chi connectivity index (χ3v) is 6.09. The molecule has 34 heavy (non-hydrogen) atoms. The van der Waals surface area contributed by atoms with Gasteiger partial charge in [0.15, 0.2) is 17.6 Å². The normalized spacial score (nSPS) is 12.2. The number of benzene rings is 2. The molecule has 0 aliphatic heterocycles. The predicted molar refractivity (Wildman–Crippen MR) is 129 cm³/mol. The Labute approximate surface area is 200 Å². The smallest absolute Gasteiger partial charge is 0.339 e. The fourth-order valence-corrected chi connectivity index (χ4v) is 4.11. The first-order valence-corrected chi connectivity index (χ1v) is 12.6. The Morgan fingerprint density at radius 1 is 0.941 bits per heavy atom. The Hall–Kier alpha value is -3.11. The molecule has 0 aromatic heterocycles. The Kier molecular flexibility index (Phi) is 9.88. The van der Waals surface area contributed by atoms with Crippen molar-refractivity contribution in [3.8, 4) is 11.5 Å². The molecule has 1 unspecified atom stereocenters. The molecule has 2 rings (SSSR count). The van der Waals surface area contributed by atoms with Crippen molar-refractivity contribution in [2.75, 3.05) is 18.5 Å². The molecule has 1 atom stereocenters. The topological polar surface area (TPSA) is 120 Å². The molecule has 10 heteroatoms. The monoisotopic (exact) mass is 492 g/mol. The lowest BCUT2D eigenvalue weighted by Gasteiger charge is -2.16. The SMILES string of the molecule is CCCOc1ccc(C(=O)OC(C)C(=O)Nc2ccc(S(=O)(=O)NC(C)C)cc2)cc1OCC. The van der Waals surface area contributed by atoms with Crippen molar-refractivity contribution in [3.05, 3.63) is 48.0 Å². The Balaban J connectivity index is 2.02. The summed E-state index contributed by atoms with van der Waals surface area (Å²) in [6, 6.07) is 10.1. The zero-order valence-electron chi connectivity index (χ0n) is 20.1. The number of hydrogen-bond acceptors (Lipinski definition) is 7. The summed E-state index contributed by atoms with van der Waals surface area (Å²) in [6.07, 6.45) is -0.264. The zero-order chi connectivity index (χ0) is 25.3. The molecule has 0 fully saturated rings. The molecule has 0 spiro atoms. The van der Waals surface area contributed by atoms with E-state index in [0.717, 1.165) is 6.42 Å². The van der Waals surface area contributed by atoms with Gasteiger partial charge in [-0.15, -0.1) is 0 Å². The molecule has 0 radical (unpaired) electrons. The highest BCUT2D eigenvalue weighted by molar-refractivity contribution is 7.89. The molecule has 186 valence electrons. The average Bonchev–Trinajstić information content (AvgIpc) is 2.77. The van der Waals surface area contributed by atoms with E-state index in [1.54, 1.807) is 26.0 Å². The van der Waals surface area contributed by atoms with Crippen molar-refractivity contribution in [3.63, 3.8) is 0 Å². The van der Waals surface area contributed by atoms with E-state index in [4.69, 9.17) is 14.2 Å². The lowest BCUT2D eigenvalue weighted by Crippen LogP contribution is -2.30. The van der Waals surface area contributed by atoms with Crippen LogP contribution in [0.4, 0.5) is 5.69 Å². The Bertz CT molecular complexity index is 1080. The number of carbonyl (C=O) groups excluding carboxylic acids is 2. The number of ether oxygens (including phenoxy) is 3. The molecule has 2 N–H and O–H groups in total. The highest BCUT2D eigenvalue weighted by Gasteiger charge is 2.21. The molecule has 1 amide bonds. The quantitative estimate of drug-likeness (QED) is 0.433. The minimum atomic E-state index is -3.64. The van der Waals surface area contributed by atoms with Gasteiger partial charge >= 0.3 is 5.97 Å². The molecule has 9 nitrogen and oxygen atoms in total. The van der Waals surface area contributed by atoms with Crippen LogP contribution in [0, 0.1) is 0 Å². The van der Waals surface area contributed by atoms with Gasteiger partial charge in [0.2, 0.25) is 10.0 Å². The van der Waals surface area contributed by atoms with E-state index in [9.17, 15) is 18.0 Å². The van der Waals surface area contributed by atoms with E-state index in [-0.39, 0.29) is 16.5 Å². The van der Waals surface area contributed by atoms with Gasteiger partial charge in [-0.25, -0.2) is 17.9 Å². The molecule has 2 aromatic carbocycles. The van der Waals surface area contributed by atoms with E-state index < -0.39 is 28.0 Å². The molecule has 0 heterocycles. The first kappa shape index (κ1) is 27.1. The van der Waals surface area contributed by atoms with Crippen molar-refractivity contribution >= 4 is 27.6 Å². The van der Waals surface area contributed by atoms with Crippen LogP contribution in [0.1, 0.15) is 51.4 Å². The van der Waals surface area contributed by atoms with Crippen LogP contribution in [-0.2, 0) is 19.6 Å². The maximum Gasteiger partial charge on any atom is 0.339 e. The minimum Gasteiger partial charge on any atom is -0.490 e. The fraction of sp³-hybridized carbons (Fsp3) is 0.417. The number of esters is 1. The van der Waals surface area contributed by atoms with Crippen LogP contribution >= 0.6 is 0 Å². The maximum atomic E-state index is 12.6. The summed E-state index contributed by atoms with van der Waals surface area (Å²) >= 11 is 0. The summed E-state index contributed by atoms with van der Waals surface area (Å²) in [7, 11) is -3.64. The van der Waals surface area contributed by atoms with Gasteiger partial charge in [0.05, 0.1) is 23.7 Å². The lowest BCUT2D eigenvalue weighted by atomic mass is 10.2. The first-order valence-electron chi connectivity index (χ1n) is 11.1. The second-order valence-electron chi connectivity index (χ2n) is 7.78. The van der Waals surface area contributed by atoms with Crippen LogP contribution in [0.5, 0.6) is 11.5 Å². The molecular formula is C24H32N2O7S. The maximum absolute atomic E-state index is 12.6. The van der Waals surface area contributed by atoms with Gasteiger partial charge in [-0.1, -0.05) is 6.92 Å². The summed E-state index contributed by atoms with van der Waals surface area (Å²) in [6.45, 7) is 9.61. The van der Waals surface area contributed by atoms with E-state index in [1.807, 2.05) is 13.8 Å². The van der Waals surface area contributed by atoms with Gasteiger partial charge in [-0.2, -0.15) is 0 Å². The summed E-state index contributed by atoms with van der Waals surface area (Å²) in [5.41, 5.74) is 0.589. The number of sulfonamides is 1. The van der Waals surface area contributed by atoms with Crippen molar-refractivity contribution in [1.29, 1.82) is 0 Å². The summed E-state index contributed by atoms with van der Waals surface area (Å²) in [5.74, 6) is -0.298. The number of carbonyl (C=O) groups is 2. The third-order valence-electron chi connectivity index (χ3n) is 4.42. The van der Waals surface area contributed by atoms with Crippen molar-refractivity contribution in [2.45, 2.75) is 58.1 Å². The standard InChI is InChI=1S/C24H32N2O7S/c1-6-14-32-21-13-8-18(15-22(21)31-7-2)24(28)33-17(5)23(27)25-19-9-11-20(12-10-19)34(29,30)26-16(3)4/h8-13,15-17,26H,6-7,14H2,1-5H3,(H,25,27). The molecule has 0 bridgehead atoms. The average molecular weight is 493 g/mol. The largest absolute Gasteiger partial charge is 0.490 e. The summed E-state index contributed by atoms with van der Waals surface area (Å²) in [4.78, 5) is 25.1. The number of rotatable bonds is 12. The van der Waals surface area contributed by atoms with Crippen LogP contribution in [0.15, 0.2) is 47.4 Å². The molecular weight excluding hydrogens is 460 g/mol. The minimum absolute atomic E-state index is 0.0788. The van der Waals surface area contributed by atoms with Gasteiger partial charge in [-0.3, -0.25) is 4.79 Å². The second kappa shape index (κ2) is 12.4. The highest BCUT2D eigenvalue weighted by Crippen LogP contribution is 2.29. The first-order chi connectivity index (χ1) is 16.1. The Morgan fingerprint density at radius 2 is 1.62 bits per heavy atom. The molecule has 0 saturated heterocycles. The number of nitrogens with one attached hydrogen (secondary N) is 2. The van der Waals surface area contributed by atoms with Crippen molar-refractivity contribution < 1.29 is 32.2 Å². The second-order valence-corrected chi connectivity index (χ2v) is 9.49. The zero-order valence-corrected chi connectivity index (χ0v) is 20.9. The van der Waals surface area contributed by atoms with E-state index in [2.05, 4.69) is 10.0 Å². The van der Waals surface area contributed by atoms with E-state index in [0.29, 0.717) is 30.4 Å². The lowest BCUT2D eigenvalue weighted by molar-refractivity contribution is -0.123. The van der Waals surface area contributed by atoms with Crippen LogP contribution in [0.25, 0.3) is 0 Å². The van der Waals surface area contributed by atoms with E-state index >= 15 is 0 Å². The molecule has 0 aliphatic carbocycles. The number of amides is 1. The van der Waals surface area contributed by atoms with Gasteiger partial charge in [0.1, 0.15) is 0 Å². The third kappa shape index (κ3) is 7.74. The molecule has 2 aromatic rings. The Morgan fingerprint density at radius 3 is 2.21 bits per heavy atom. The fourth-order valence-electron chi connectivity index (χ4n) is 2.86. The summed E-state index contributed by atoms with van der Waals surface area (Å²) < 4.78 is 43.4. The van der Waals surface area contributed by atoms with E-state index in [1.165, 1.54) is 37.3 Å².